The Bertz CT molecular complexity index is 753. The number of carbonyl (C=O) groups excluding carboxylic acids is 1. The standard InChI is InChI=1S/C18H27N3O3S.ClH/c1-13-11-14(2)17(15(3)12-13)25(23,24)21-8-4-5-16(21)18(22)20-9-6-19-7-10-20;/h11-12,16,19H,4-10H2,1-3H3;1H. The highest BCUT2D eigenvalue weighted by molar-refractivity contribution is 7.89. The van der Waals surface area contributed by atoms with Gasteiger partial charge in [0.15, 0.2) is 0 Å². The summed E-state index contributed by atoms with van der Waals surface area (Å²) < 4.78 is 28.1. The molecule has 26 heavy (non-hydrogen) atoms. The molecule has 1 N–H and O–H groups in total. The van der Waals surface area contributed by atoms with Gasteiger partial charge in [0.25, 0.3) is 0 Å². The van der Waals surface area contributed by atoms with E-state index in [-0.39, 0.29) is 18.3 Å². The van der Waals surface area contributed by atoms with Gasteiger partial charge in [0.2, 0.25) is 15.9 Å². The first kappa shape index (κ1) is 21.2. The summed E-state index contributed by atoms with van der Waals surface area (Å²) in [6.45, 7) is 8.85. The number of rotatable bonds is 3. The van der Waals surface area contributed by atoms with E-state index >= 15 is 0 Å². The topological polar surface area (TPSA) is 69.7 Å². The number of nitrogens with zero attached hydrogens (tertiary/aromatic N) is 2. The van der Waals surface area contributed by atoms with Crippen LogP contribution < -0.4 is 5.32 Å². The molecule has 0 radical (unpaired) electrons. The van der Waals surface area contributed by atoms with E-state index in [1.54, 1.807) is 4.90 Å². The van der Waals surface area contributed by atoms with Crippen molar-refractivity contribution in [2.75, 3.05) is 32.7 Å². The minimum atomic E-state index is -3.68. The summed E-state index contributed by atoms with van der Waals surface area (Å²) in [5.41, 5.74) is 2.54. The van der Waals surface area contributed by atoms with Crippen molar-refractivity contribution < 1.29 is 13.2 Å². The van der Waals surface area contributed by atoms with E-state index < -0.39 is 16.1 Å². The summed E-state index contributed by atoms with van der Waals surface area (Å²) in [4.78, 5) is 15.1. The van der Waals surface area contributed by atoms with E-state index in [4.69, 9.17) is 0 Å². The van der Waals surface area contributed by atoms with Crippen LogP contribution in [0.1, 0.15) is 29.5 Å². The molecule has 2 saturated heterocycles. The fourth-order valence-corrected chi connectivity index (χ4v) is 6.13. The number of sulfonamides is 1. The minimum Gasteiger partial charge on any atom is -0.339 e. The van der Waals surface area contributed by atoms with E-state index in [0.29, 0.717) is 31.0 Å². The molecule has 146 valence electrons. The smallest absolute Gasteiger partial charge is 0.244 e. The van der Waals surface area contributed by atoms with Crippen molar-refractivity contribution >= 4 is 28.3 Å². The Morgan fingerprint density at radius 3 is 2.23 bits per heavy atom. The number of hydrogen-bond donors (Lipinski definition) is 1. The predicted octanol–water partition coefficient (Wildman–Crippen LogP) is 1.62. The first-order valence-corrected chi connectivity index (χ1v) is 10.4. The van der Waals surface area contributed by atoms with Crippen LogP contribution >= 0.6 is 12.4 Å². The second kappa shape index (κ2) is 8.25. The number of nitrogens with one attached hydrogen (secondary N) is 1. The lowest BCUT2D eigenvalue weighted by atomic mass is 10.1. The Morgan fingerprint density at radius 2 is 1.65 bits per heavy atom. The highest BCUT2D eigenvalue weighted by Gasteiger charge is 2.42. The van der Waals surface area contributed by atoms with Gasteiger partial charge in [-0.05, 0) is 44.7 Å². The van der Waals surface area contributed by atoms with Crippen molar-refractivity contribution in [3.05, 3.63) is 28.8 Å². The van der Waals surface area contributed by atoms with Crippen molar-refractivity contribution in [1.82, 2.24) is 14.5 Å². The van der Waals surface area contributed by atoms with Crippen molar-refractivity contribution in [1.29, 1.82) is 0 Å². The zero-order chi connectivity index (χ0) is 18.2. The fourth-order valence-electron chi connectivity index (χ4n) is 4.06. The number of piperazine rings is 1. The van der Waals surface area contributed by atoms with Gasteiger partial charge < -0.3 is 10.2 Å². The van der Waals surface area contributed by atoms with Crippen LogP contribution in [0.15, 0.2) is 17.0 Å². The van der Waals surface area contributed by atoms with Crippen LogP contribution in [-0.2, 0) is 14.8 Å². The molecule has 3 rings (SSSR count). The van der Waals surface area contributed by atoms with Crippen LogP contribution in [0.3, 0.4) is 0 Å². The van der Waals surface area contributed by atoms with Crippen LogP contribution in [0.2, 0.25) is 0 Å². The maximum absolute atomic E-state index is 13.3. The summed E-state index contributed by atoms with van der Waals surface area (Å²) in [5.74, 6) is -0.0509. The van der Waals surface area contributed by atoms with Gasteiger partial charge in [-0.25, -0.2) is 8.42 Å². The lowest BCUT2D eigenvalue weighted by Gasteiger charge is -2.33. The molecule has 0 aliphatic carbocycles. The van der Waals surface area contributed by atoms with Crippen molar-refractivity contribution in [3.63, 3.8) is 0 Å². The van der Waals surface area contributed by atoms with Gasteiger partial charge >= 0.3 is 0 Å². The third-order valence-corrected chi connectivity index (χ3v) is 7.30. The summed E-state index contributed by atoms with van der Waals surface area (Å²) >= 11 is 0. The largest absolute Gasteiger partial charge is 0.339 e. The van der Waals surface area contributed by atoms with Gasteiger partial charge in [-0.1, -0.05) is 17.7 Å². The maximum Gasteiger partial charge on any atom is 0.244 e. The first-order chi connectivity index (χ1) is 11.8. The van der Waals surface area contributed by atoms with Crippen LogP contribution in [0.25, 0.3) is 0 Å². The zero-order valence-electron chi connectivity index (χ0n) is 15.6. The highest BCUT2D eigenvalue weighted by atomic mass is 35.5. The van der Waals surface area contributed by atoms with E-state index in [1.807, 2.05) is 32.9 Å². The summed E-state index contributed by atoms with van der Waals surface area (Å²) in [5, 5.41) is 3.22. The van der Waals surface area contributed by atoms with Gasteiger partial charge in [-0.2, -0.15) is 4.31 Å². The zero-order valence-corrected chi connectivity index (χ0v) is 17.3. The Hall–Kier alpha value is -1.15. The van der Waals surface area contributed by atoms with Gasteiger partial charge in [-0.3, -0.25) is 4.79 Å². The molecule has 1 unspecified atom stereocenters. The average molecular weight is 402 g/mol. The molecule has 1 atom stereocenters. The van der Waals surface area contributed by atoms with Gasteiger partial charge in [0, 0.05) is 32.7 Å². The predicted molar refractivity (Wildman–Crippen MR) is 104 cm³/mol. The second-order valence-corrected chi connectivity index (χ2v) is 8.90. The molecular weight excluding hydrogens is 374 g/mol. The normalized spacial score (nSPS) is 21.5. The number of hydrogen-bond acceptors (Lipinski definition) is 4. The molecule has 0 spiro atoms. The molecule has 2 aliphatic rings. The van der Waals surface area contributed by atoms with E-state index in [9.17, 15) is 13.2 Å². The molecule has 1 amide bonds. The molecule has 0 saturated carbocycles. The quantitative estimate of drug-likeness (QED) is 0.835. The van der Waals surface area contributed by atoms with Crippen molar-refractivity contribution in [3.8, 4) is 0 Å². The number of aryl methyl sites for hydroxylation is 3. The molecule has 1 aromatic rings. The molecule has 2 fully saturated rings. The molecule has 0 aromatic heterocycles. The van der Waals surface area contributed by atoms with Crippen molar-refractivity contribution in [2.45, 2.75) is 44.6 Å². The number of amides is 1. The van der Waals surface area contributed by atoms with Crippen molar-refractivity contribution in [2.24, 2.45) is 0 Å². The van der Waals surface area contributed by atoms with Crippen LogP contribution in [0, 0.1) is 20.8 Å². The SMILES string of the molecule is Cc1cc(C)c(S(=O)(=O)N2CCCC2C(=O)N2CCNCC2)c(C)c1.Cl. The van der Waals surface area contributed by atoms with Crippen LogP contribution in [-0.4, -0.2) is 62.3 Å². The monoisotopic (exact) mass is 401 g/mol. The van der Waals surface area contributed by atoms with E-state index in [0.717, 1.165) is 36.2 Å². The summed E-state index contributed by atoms with van der Waals surface area (Å²) in [6, 6.07) is 3.22. The molecule has 2 aliphatic heterocycles. The Kier molecular flexibility index (Phi) is 6.71. The molecule has 8 heteroatoms. The molecule has 0 bridgehead atoms. The van der Waals surface area contributed by atoms with Crippen LogP contribution in [0.4, 0.5) is 0 Å². The van der Waals surface area contributed by atoms with Gasteiger partial charge in [0.1, 0.15) is 6.04 Å². The van der Waals surface area contributed by atoms with Gasteiger partial charge in [0.05, 0.1) is 4.90 Å². The summed E-state index contributed by atoms with van der Waals surface area (Å²) in [6.07, 6.45) is 1.33. The minimum absolute atomic E-state index is 0. The molecule has 6 nitrogen and oxygen atoms in total. The molecule has 1 aromatic carbocycles. The Labute approximate surface area is 162 Å². The van der Waals surface area contributed by atoms with Gasteiger partial charge in [-0.15, -0.1) is 12.4 Å². The lowest BCUT2D eigenvalue weighted by molar-refractivity contribution is -0.135. The Morgan fingerprint density at radius 1 is 1.08 bits per heavy atom. The maximum atomic E-state index is 13.3. The fraction of sp³-hybridized carbons (Fsp3) is 0.611. The van der Waals surface area contributed by atoms with E-state index in [2.05, 4.69) is 5.32 Å². The lowest BCUT2D eigenvalue weighted by Crippen LogP contribution is -2.53. The number of carbonyl (C=O) groups is 1. The summed E-state index contributed by atoms with van der Waals surface area (Å²) in [7, 11) is -3.68. The molecule has 2 heterocycles. The highest BCUT2D eigenvalue weighted by Crippen LogP contribution is 2.31. The third-order valence-electron chi connectivity index (χ3n) is 5.09. The second-order valence-electron chi connectivity index (χ2n) is 7.08. The molecular formula is C18H28ClN3O3S. The number of benzene rings is 1. The average Bonchev–Trinajstić information content (AvgIpc) is 3.04. The van der Waals surface area contributed by atoms with E-state index in [1.165, 1.54) is 4.31 Å². The Balaban J connectivity index is 0.00000243. The van der Waals surface area contributed by atoms with Crippen LogP contribution in [0.5, 0.6) is 0 Å². The number of halogens is 1. The first-order valence-electron chi connectivity index (χ1n) is 8.91. The third kappa shape index (κ3) is 3.91.